The number of carbonyl (C=O) groups excluding carboxylic acids is 1. The summed E-state index contributed by atoms with van der Waals surface area (Å²) in [5, 5.41) is 13.2. The Morgan fingerprint density at radius 3 is 2.47 bits per heavy atom. The topological polar surface area (TPSA) is 128 Å². The summed E-state index contributed by atoms with van der Waals surface area (Å²) in [5.41, 5.74) is 5.64. The molecule has 1 saturated heterocycles. The molecular weight excluding hydrogens is 435 g/mol. The van der Waals surface area contributed by atoms with Crippen molar-refractivity contribution in [1.29, 1.82) is 0 Å². The fraction of sp³-hybridized carbons (Fsp3) is 0.450. The van der Waals surface area contributed by atoms with Gasteiger partial charge in [-0.3, -0.25) is 4.79 Å². The first kappa shape index (κ1) is 23.2. The Morgan fingerprint density at radius 2 is 1.91 bits per heavy atom. The van der Waals surface area contributed by atoms with Crippen molar-refractivity contribution in [3.05, 3.63) is 42.3 Å². The molecule has 1 aromatic heterocycles. The maximum Gasteiger partial charge on any atom is 0.573 e. The number of halogens is 3. The lowest BCUT2D eigenvalue weighted by atomic mass is 9.76. The minimum atomic E-state index is -4.78. The standard InChI is InChI=1S/C20H22F3N3O6/c21-20(22,23)31-14-3-1-13(2-4-14)30-10-7-12-6-9-26(19(28)29)16(17(12)18(24)27)11-15-5-8-25-32-15/h1-5,8,12,16-17H,6-7,9-11H2,(H2,24,27)(H,28,29). The quantitative estimate of drug-likeness (QED) is 0.623. The Morgan fingerprint density at radius 1 is 1.22 bits per heavy atom. The summed E-state index contributed by atoms with van der Waals surface area (Å²) in [4.78, 5) is 25.2. The molecule has 1 aromatic carbocycles. The smallest absolute Gasteiger partial charge is 0.494 e. The first-order chi connectivity index (χ1) is 15.1. The van der Waals surface area contributed by atoms with Gasteiger partial charge in [-0.2, -0.15) is 0 Å². The van der Waals surface area contributed by atoms with Gasteiger partial charge in [0.2, 0.25) is 5.91 Å². The van der Waals surface area contributed by atoms with Crippen LogP contribution in [0.15, 0.2) is 41.1 Å². The van der Waals surface area contributed by atoms with E-state index in [0.29, 0.717) is 24.4 Å². The number of carboxylic acid groups (broad SMARTS) is 1. The maximum atomic E-state index is 12.3. The Balaban J connectivity index is 1.63. The third-order valence-electron chi connectivity index (χ3n) is 5.35. The van der Waals surface area contributed by atoms with E-state index in [1.807, 2.05) is 0 Å². The van der Waals surface area contributed by atoms with Gasteiger partial charge >= 0.3 is 12.5 Å². The van der Waals surface area contributed by atoms with Gasteiger partial charge in [0.25, 0.3) is 0 Å². The Kier molecular flexibility index (Phi) is 7.11. The van der Waals surface area contributed by atoms with Crippen LogP contribution in [-0.4, -0.2) is 52.7 Å². The van der Waals surface area contributed by atoms with Crippen LogP contribution in [-0.2, 0) is 11.2 Å². The molecule has 0 spiro atoms. The number of nitrogens with zero attached hydrogens (tertiary/aromatic N) is 2. The largest absolute Gasteiger partial charge is 0.573 e. The van der Waals surface area contributed by atoms with E-state index in [1.54, 1.807) is 6.07 Å². The van der Waals surface area contributed by atoms with Gasteiger partial charge in [-0.05, 0) is 43.0 Å². The van der Waals surface area contributed by atoms with Crippen LogP contribution >= 0.6 is 0 Å². The number of piperidine rings is 1. The molecule has 0 saturated carbocycles. The summed E-state index contributed by atoms with van der Waals surface area (Å²) >= 11 is 0. The Bertz CT molecular complexity index is 904. The maximum absolute atomic E-state index is 12.3. The fourth-order valence-electron chi connectivity index (χ4n) is 4.00. The normalized spacial score (nSPS) is 21.2. The van der Waals surface area contributed by atoms with Crippen LogP contribution in [0.3, 0.4) is 0 Å². The van der Waals surface area contributed by atoms with Crippen molar-refractivity contribution in [2.24, 2.45) is 17.6 Å². The van der Waals surface area contributed by atoms with E-state index in [9.17, 15) is 27.9 Å². The SMILES string of the molecule is NC(=O)C1C(CCOc2ccc(OC(F)(F)F)cc2)CCN(C(=O)O)C1Cc1ccno1. The average molecular weight is 457 g/mol. The van der Waals surface area contributed by atoms with E-state index in [-0.39, 0.29) is 31.2 Å². The summed E-state index contributed by atoms with van der Waals surface area (Å²) < 4.78 is 51.2. The third kappa shape index (κ3) is 6.05. The predicted molar refractivity (Wildman–Crippen MR) is 103 cm³/mol. The van der Waals surface area contributed by atoms with Gasteiger partial charge in [-0.1, -0.05) is 5.16 Å². The van der Waals surface area contributed by atoms with Crippen LogP contribution in [0.1, 0.15) is 18.6 Å². The lowest BCUT2D eigenvalue weighted by Crippen LogP contribution is -2.56. The number of ether oxygens (including phenoxy) is 2. The molecule has 174 valence electrons. The summed E-state index contributed by atoms with van der Waals surface area (Å²) in [6.45, 7) is 0.377. The molecule has 12 heteroatoms. The molecule has 3 unspecified atom stereocenters. The van der Waals surface area contributed by atoms with Crippen molar-refractivity contribution in [3.63, 3.8) is 0 Å². The molecule has 3 rings (SSSR count). The van der Waals surface area contributed by atoms with Crippen molar-refractivity contribution in [3.8, 4) is 11.5 Å². The average Bonchev–Trinajstić information content (AvgIpc) is 3.21. The fourth-order valence-corrected chi connectivity index (χ4v) is 4.00. The zero-order valence-electron chi connectivity index (χ0n) is 16.8. The summed E-state index contributed by atoms with van der Waals surface area (Å²) in [6.07, 6.45) is -3.55. The summed E-state index contributed by atoms with van der Waals surface area (Å²) in [6, 6.07) is 5.83. The molecule has 0 radical (unpaired) electrons. The monoisotopic (exact) mass is 457 g/mol. The van der Waals surface area contributed by atoms with Crippen LogP contribution < -0.4 is 15.2 Å². The number of aromatic nitrogens is 1. The highest BCUT2D eigenvalue weighted by Crippen LogP contribution is 2.34. The first-order valence-corrected chi connectivity index (χ1v) is 9.81. The van der Waals surface area contributed by atoms with Crippen molar-refractivity contribution in [2.75, 3.05) is 13.2 Å². The minimum Gasteiger partial charge on any atom is -0.494 e. The molecule has 3 atom stereocenters. The van der Waals surface area contributed by atoms with E-state index in [1.165, 1.54) is 23.2 Å². The van der Waals surface area contributed by atoms with Gasteiger partial charge in [0.1, 0.15) is 17.3 Å². The number of rotatable bonds is 8. The molecule has 1 aliphatic heterocycles. The lowest BCUT2D eigenvalue weighted by molar-refractivity contribution is -0.274. The van der Waals surface area contributed by atoms with Crippen LogP contribution in [0.4, 0.5) is 18.0 Å². The van der Waals surface area contributed by atoms with E-state index < -0.39 is 30.3 Å². The first-order valence-electron chi connectivity index (χ1n) is 9.81. The predicted octanol–water partition coefficient (Wildman–Crippen LogP) is 3.05. The highest BCUT2D eigenvalue weighted by molar-refractivity contribution is 5.79. The third-order valence-corrected chi connectivity index (χ3v) is 5.35. The van der Waals surface area contributed by atoms with Crippen molar-refractivity contribution in [1.82, 2.24) is 10.1 Å². The molecule has 0 bridgehead atoms. The minimum absolute atomic E-state index is 0.151. The molecule has 2 aromatic rings. The summed E-state index contributed by atoms with van der Waals surface area (Å²) in [5.74, 6) is -1.24. The number of likely N-dealkylation sites (tertiary alicyclic amines) is 1. The van der Waals surface area contributed by atoms with Crippen LogP contribution in [0.5, 0.6) is 11.5 Å². The molecule has 2 amide bonds. The number of hydrogen-bond donors (Lipinski definition) is 2. The number of benzene rings is 1. The van der Waals surface area contributed by atoms with Crippen molar-refractivity contribution >= 4 is 12.0 Å². The Labute approximate surface area is 180 Å². The number of hydrogen-bond acceptors (Lipinski definition) is 6. The van der Waals surface area contributed by atoms with Crippen molar-refractivity contribution in [2.45, 2.75) is 31.7 Å². The molecule has 3 N–H and O–H groups in total. The van der Waals surface area contributed by atoms with Crippen molar-refractivity contribution < 1.29 is 41.9 Å². The van der Waals surface area contributed by atoms with Crippen LogP contribution in [0, 0.1) is 11.8 Å². The second kappa shape index (κ2) is 9.79. The molecule has 0 aliphatic carbocycles. The summed E-state index contributed by atoms with van der Waals surface area (Å²) in [7, 11) is 0. The molecule has 1 fully saturated rings. The number of carbonyl (C=O) groups is 2. The van der Waals surface area contributed by atoms with Crippen LogP contribution in [0.2, 0.25) is 0 Å². The second-order valence-electron chi connectivity index (χ2n) is 7.36. The van der Waals surface area contributed by atoms with Gasteiger partial charge < -0.3 is 29.7 Å². The molecule has 32 heavy (non-hydrogen) atoms. The zero-order chi connectivity index (χ0) is 23.3. The zero-order valence-corrected chi connectivity index (χ0v) is 16.8. The van der Waals surface area contributed by atoms with Crippen LogP contribution in [0.25, 0.3) is 0 Å². The van der Waals surface area contributed by atoms with Gasteiger partial charge in [-0.15, -0.1) is 13.2 Å². The molecule has 2 heterocycles. The second-order valence-corrected chi connectivity index (χ2v) is 7.36. The highest BCUT2D eigenvalue weighted by Gasteiger charge is 2.43. The number of primary amides is 1. The van der Waals surface area contributed by atoms with Gasteiger partial charge in [-0.25, -0.2) is 4.79 Å². The molecular formula is C20H22F3N3O6. The number of amides is 2. The number of nitrogens with two attached hydrogens (primary N) is 1. The van der Waals surface area contributed by atoms with E-state index in [2.05, 4.69) is 9.89 Å². The van der Waals surface area contributed by atoms with E-state index in [4.69, 9.17) is 15.0 Å². The van der Waals surface area contributed by atoms with Gasteiger partial charge in [0.15, 0.2) is 0 Å². The van der Waals surface area contributed by atoms with Gasteiger partial charge in [0.05, 0.1) is 24.8 Å². The Hall–Kier alpha value is -3.44. The van der Waals surface area contributed by atoms with E-state index >= 15 is 0 Å². The number of alkyl halides is 3. The lowest BCUT2D eigenvalue weighted by Gasteiger charge is -2.42. The highest BCUT2D eigenvalue weighted by atomic mass is 19.4. The van der Waals surface area contributed by atoms with E-state index in [0.717, 1.165) is 12.1 Å². The van der Waals surface area contributed by atoms with Gasteiger partial charge in [0, 0.05) is 19.0 Å². The molecule has 1 aliphatic rings. The molecule has 9 nitrogen and oxygen atoms in total.